The van der Waals surface area contributed by atoms with E-state index in [4.69, 9.17) is 18.9 Å². The summed E-state index contributed by atoms with van der Waals surface area (Å²) >= 11 is 0. The van der Waals surface area contributed by atoms with E-state index in [9.17, 15) is 0 Å². The Kier molecular flexibility index (Phi) is 29.1. The summed E-state index contributed by atoms with van der Waals surface area (Å²) in [5, 5.41) is 6.84. The van der Waals surface area contributed by atoms with Crippen molar-refractivity contribution in [1.82, 2.24) is 15.0 Å². The quantitative estimate of drug-likeness (QED) is 0.0535. The maximum absolute atomic E-state index is 5.96. The first-order chi connectivity index (χ1) is 23.1. The first kappa shape index (κ1) is 43.3. The minimum absolute atomic E-state index is 0.429. The molecule has 0 unspecified atom stereocenters. The summed E-state index contributed by atoms with van der Waals surface area (Å²) in [7, 11) is 0. The molecule has 0 amide bonds. The first-order valence-corrected chi connectivity index (χ1v) is 19.9. The number of hydrogen-bond donors (Lipinski definition) is 2. The minimum Gasteiger partial charge on any atom is -0.463 e. The number of rotatable bonds is 36. The maximum Gasteiger partial charge on any atom is 0.323 e. The van der Waals surface area contributed by atoms with Crippen molar-refractivity contribution in [3.63, 3.8) is 0 Å². The fourth-order valence-corrected chi connectivity index (χ4v) is 5.81. The van der Waals surface area contributed by atoms with Gasteiger partial charge in [0.15, 0.2) is 0 Å². The van der Waals surface area contributed by atoms with Crippen LogP contribution in [0.15, 0.2) is 0 Å². The predicted octanol–water partition coefficient (Wildman–Crippen LogP) is 10.8. The molecule has 1 heterocycles. The van der Waals surface area contributed by atoms with Crippen molar-refractivity contribution in [3.05, 3.63) is 0 Å². The second-order valence-electron chi connectivity index (χ2n) is 12.8. The molecule has 1 aromatic heterocycles. The summed E-state index contributed by atoms with van der Waals surface area (Å²) in [6.45, 7) is 14.7. The Morgan fingerprint density at radius 2 is 0.830 bits per heavy atom. The van der Waals surface area contributed by atoms with E-state index in [0.717, 1.165) is 45.2 Å². The van der Waals surface area contributed by atoms with Crippen molar-refractivity contribution in [2.45, 2.75) is 188 Å². The normalized spacial score (nSPS) is 11.7. The minimum atomic E-state index is -0.855. The van der Waals surface area contributed by atoms with Gasteiger partial charge in [0.05, 0.1) is 6.61 Å². The Bertz CT molecular complexity index is 763. The summed E-state index contributed by atoms with van der Waals surface area (Å²) in [4.78, 5) is 13.8. The second-order valence-corrected chi connectivity index (χ2v) is 12.8. The molecule has 47 heavy (non-hydrogen) atoms. The van der Waals surface area contributed by atoms with Crippen LogP contribution in [0.25, 0.3) is 0 Å². The fraction of sp³-hybridized carbons (Fsp3) is 0.921. The zero-order chi connectivity index (χ0) is 34.1. The van der Waals surface area contributed by atoms with Crippen LogP contribution in [0.3, 0.4) is 0 Å². The molecule has 0 saturated carbocycles. The second kappa shape index (κ2) is 31.6. The lowest BCUT2D eigenvalue weighted by Crippen LogP contribution is -2.39. The van der Waals surface area contributed by atoms with Gasteiger partial charge in [0.25, 0.3) is 5.97 Å². The molecular weight excluding hydrogens is 590 g/mol. The topological polar surface area (TPSA) is 99.7 Å². The highest BCUT2D eigenvalue weighted by atomic mass is 16.9. The molecule has 0 aliphatic heterocycles. The zero-order valence-electron chi connectivity index (χ0n) is 31.5. The summed E-state index contributed by atoms with van der Waals surface area (Å²) in [6.07, 6.45) is 28.2. The third-order valence-electron chi connectivity index (χ3n) is 8.44. The van der Waals surface area contributed by atoms with E-state index >= 15 is 0 Å². The van der Waals surface area contributed by atoms with Crippen molar-refractivity contribution in [3.8, 4) is 6.01 Å². The summed E-state index contributed by atoms with van der Waals surface area (Å²) in [5.74, 6) is 0.377. The smallest absolute Gasteiger partial charge is 0.323 e. The van der Waals surface area contributed by atoms with Crippen LogP contribution >= 0.6 is 0 Å². The van der Waals surface area contributed by atoms with Gasteiger partial charge in [-0.05, 0) is 46.5 Å². The van der Waals surface area contributed by atoms with Gasteiger partial charge in [-0.3, -0.25) is 0 Å². The molecule has 1 rings (SSSR count). The van der Waals surface area contributed by atoms with E-state index in [1.807, 2.05) is 20.8 Å². The van der Waals surface area contributed by atoms with Gasteiger partial charge >= 0.3 is 6.01 Å². The molecule has 1 aromatic rings. The van der Waals surface area contributed by atoms with Crippen molar-refractivity contribution in [2.24, 2.45) is 0 Å². The molecule has 0 atom stereocenters. The highest BCUT2D eigenvalue weighted by Gasteiger charge is 2.31. The average molecular weight is 666 g/mol. The van der Waals surface area contributed by atoms with E-state index in [1.165, 1.54) is 116 Å². The van der Waals surface area contributed by atoms with Gasteiger partial charge < -0.3 is 29.6 Å². The Hall–Kier alpha value is -1.71. The molecule has 0 bridgehead atoms. The Morgan fingerprint density at radius 1 is 0.447 bits per heavy atom. The Balaban J connectivity index is 2.28. The van der Waals surface area contributed by atoms with Crippen LogP contribution in [0.1, 0.15) is 182 Å². The number of hydrogen-bond acceptors (Lipinski definition) is 9. The molecule has 0 spiro atoms. The number of unbranched alkanes of at least 4 members (excludes halogenated alkanes) is 19. The average Bonchev–Trinajstić information content (AvgIpc) is 3.06. The molecular formula is C38H75N5O4. The zero-order valence-corrected chi connectivity index (χ0v) is 31.5. The third kappa shape index (κ3) is 24.1. The van der Waals surface area contributed by atoms with Crippen molar-refractivity contribution in [2.75, 3.05) is 50.2 Å². The van der Waals surface area contributed by atoms with Crippen molar-refractivity contribution >= 4 is 11.9 Å². The lowest BCUT2D eigenvalue weighted by Gasteiger charge is -2.32. The van der Waals surface area contributed by atoms with E-state index in [1.54, 1.807) is 0 Å². The third-order valence-corrected chi connectivity index (χ3v) is 8.44. The number of ether oxygens (including phenoxy) is 4. The number of nitrogens with zero attached hydrogens (tertiary/aromatic N) is 3. The van der Waals surface area contributed by atoms with Gasteiger partial charge in [0.2, 0.25) is 11.9 Å². The Morgan fingerprint density at radius 3 is 1.26 bits per heavy atom. The largest absolute Gasteiger partial charge is 0.463 e. The molecule has 0 aliphatic rings. The van der Waals surface area contributed by atoms with Gasteiger partial charge in [-0.1, -0.05) is 129 Å². The molecule has 0 aromatic carbocycles. The fourth-order valence-electron chi connectivity index (χ4n) is 5.81. The van der Waals surface area contributed by atoms with Crippen LogP contribution in [-0.2, 0) is 14.2 Å². The van der Waals surface area contributed by atoms with E-state index < -0.39 is 5.97 Å². The van der Waals surface area contributed by atoms with Crippen molar-refractivity contribution < 1.29 is 18.9 Å². The van der Waals surface area contributed by atoms with Crippen LogP contribution in [0.4, 0.5) is 11.9 Å². The standard InChI is InChI=1S/C38H75N5O4/c1-6-11-13-15-24-28-32-39-35-41-36(43-37(42-35)44-34-30-26-16-14-12-7-2)40-33-29-25-22-20-18-17-19-21-23-27-31-38(45-8-3,46-9-4)47-10-5/h6-34H2,1-5H3,(H2,39,40,41,42,43). The van der Waals surface area contributed by atoms with Crippen LogP contribution in [0, 0.1) is 0 Å². The summed E-state index contributed by atoms with van der Waals surface area (Å²) < 4.78 is 23.5. The molecule has 0 radical (unpaired) electrons. The lowest BCUT2D eigenvalue weighted by atomic mass is 10.1. The van der Waals surface area contributed by atoms with Gasteiger partial charge in [0, 0.05) is 39.3 Å². The number of anilines is 2. The maximum atomic E-state index is 5.96. The molecule has 0 saturated heterocycles. The monoisotopic (exact) mass is 666 g/mol. The van der Waals surface area contributed by atoms with Gasteiger partial charge in [-0.2, -0.15) is 15.0 Å². The predicted molar refractivity (Wildman–Crippen MR) is 197 cm³/mol. The molecule has 9 nitrogen and oxygen atoms in total. The van der Waals surface area contributed by atoms with E-state index in [-0.39, 0.29) is 0 Å². The Labute approximate surface area is 289 Å². The SMILES string of the molecule is CCCCCCCCNc1nc(NCCCCCCCCCCCCC(OCC)(OCC)OCC)nc(OCCCCCCCC)n1. The first-order valence-electron chi connectivity index (χ1n) is 19.9. The molecule has 0 aliphatic carbocycles. The number of nitrogens with one attached hydrogen (secondary N) is 2. The van der Waals surface area contributed by atoms with E-state index in [2.05, 4.69) is 39.4 Å². The molecule has 9 heteroatoms. The van der Waals surface area contributed by atoms with E-state index in [0.29, 0.717) is 44.3 Å². The van der Waals surface area contributed by atoms with Gasteiger partial charge in [-0.15, -0.1) is 0 Å². The van der Waals surface area contributed by atoms with Crippen molar-refractivity contribution in [1.29, 1.82) is 0 Å². The van der Waals surface area contributed by atoms with Gasteiger partial charge in [-0.25, -0.2) is 0 Å². The summed E-state index contributed by atoms with van der Waals surface area (Å²) in [6, 6.07) is 0.429. The molecule has 276 valence electrons. The number of aromatic nitrogens is 3. The molecule has 2 N–H and O–H groups in total. The summed E-state index contributed by atoms with van der Waals surface area (Å²) in [5.41, 5.74) is 0. The highest BCUT2D eigenvalue weighted by Crippen LogP contribution is 2.24. The van der Waals surface area contributed by atoms with Gasteiger partial charge in [0.1, 0.15) is 0 Å². The highest BCUT2D eigenvalue weighted by molar-refractivity contribution is 5.35. The lowest BCUT2D eigenvalue weighted by molar-refractivity contribution is -0.380. The van der Waals surface area contributed by atoms with Crippen LogP contribution in [0.5, 0.6) is 6.01 Å². The van der Waals surface area contributed by atoms with Crippen LogP contribution in [0.2, 0.25) is 0 Å². The molecule has 0 fully saturated rings. The van der Waals surface area contributed by atoms with Crippen LogP contribution < -0.4 is 15.4 Å². The van der Waals surface area contributed by atoms with Crippen LogP contribution in [-0.4, -0.2) is 60.4 Å².